The van der Waals surface area contributed by atoms with Gasteiger partial charge >= 0.3 is 0 Å². The predicted octanol–water partition coefficient (Wildman–Crippen LogP) is 2.87. The van der Waals surface area contributed by atoms with Crippen LogP contribution >= 0.6 is 0 Å². The Hall–Kier alpha value is -2.04. The molecule has 3 N–H and O–H groups in total. The third-order valence-corrected chi connectivity index (χ3v) is 3.62. The van der Waals surface area contributed by atoms with Crippen LogP contribution in [-0.4, -0.2) is 14.2 Å². The van der Waals surface area contributed by atoms with Gasteiger partial charge in [-0.05, 0) is 37.1 Å². The highest BCUT2D eigenvalue weighted by atomic mass is 16.5. The highest BCUT2D eigenvalue weighted by Crippen LogP contribution is 2.36. The van der Waals surface area contributed by atoms with Crippen molar-refractivity contribution in [2.24, 2.45) is 5.84 Å². The highest BCUT2D eigenvalue weighted by Gasteiger charge is 2.22. The van der Waals surface area contributed by atoms with Gasteiger partial charge in [-0.25, -0.2) is 5.43 Å². The van der Waals surface area contributed by atoms with Crippen LogP contribution in [0.1, 0.15) is 28.3 Å². The van der Waals surface area contributed by atoms with Gasteiger partial charge in [0.2, 0.25) is 0 Å². The first kappa shape index (κ1) is 15.4. The lowest BCUT2D eigenvalue weighted by Gasteiger charge is -2.23. The molecule has 0 aliphatic rings. The summed E-state index contributed by atoms with van der Waals surface area (Å²) in [5, 5.41) is 0. The Kier molecular flexibility index (Phi) is 4.83. The van der Waals surface area contributed by atoms with Crippen LogP contribution < -0.4 is 20.7 Å². The van der Waals surface area contributed by atoms with E-state index in [1.54, 1.807) is 14.2 Å². The molecule has 2 rings (SSSR count). The number of hydrogen-bond acceptors (Lipinski definition) is 4. The second-order valence-electron chi connectivity index (χ2n) is 5.04. The molecule has 0 radical (unpaired) electrons. The van der Waals surface area contributed by atoms with Gasteiger partial charge in [-0.15, -0.1) is 0 Å². The van der Waals surface area contributed by atoms with Crippen molar-refractivity contribution < 1.29 is 9.47 Å². The van der Waals surface area contributed by atoms with Crippen LogP contribution in [0.15, 0.2) is 36.4 Å². The maximum Gasteiger partial charge on any atom is 0.124 e. The summed E-state index contributed by atoms with van der Waals surface area (Å²) < 4.78 is 11.0. The zero-order valence-corrected chi connectivity index (χ0v) is 12.9. The molecule has 0 amide bonds. The SMILES string of the molecule is COc1ccccc1C(NN)c1c(C)cc(C)cc1OC. The number of para-hydroxylation sites is 1. The number of hydrazine groups is 1. The van der Waals surface area contributed by atoms with Crippen molar-refractivity contribution in [3.63, 3.8) is 0 Å². The van der Waals surface area contributed by atoms with Gasteiger partial charge in [-0.2, -0.15) is 0 Å². The van der Waals surface area contributed by atoms with E-state index in [4.69, 9.17) is 15.3 Å². The molecular formula is C17H22N2O2. The van der Waals surface area contributed by atoms with Crippen molar-refractivity contribution >= 4 is 0 Å². The fourth-order valence-electron chi connectivity index (χ4n) is 2.71. The molecule has 0 spiro atoms. The minimum atomic E-state index is -0.198. The predicted molar refractivity (Wildman–Crippen MR) is 84.6 cm³/mol. The summed E-state index contributed by atoms with van der Waals surface area (Å²) in [6.07, 6.45) is 0. The molecule has 1 unspecified atom stereocenters. The minimum Gasteiger partial charge on any atom is -0.496 e. The summed E-state index contributed by atoms with van der Waals surface area (Å²) in [7, 11) is 3.33. The van der Waals surface area contributed by atoms with Crippen molar-refractivity contribution in [1.29, 1.82) is 0 Å². The topological polar surface area (TPSA) is 56.5 Å². The molecule has 0 saturated heterocycles. The van der Waals surface area contributed by atoms with E-state index >= 15 is 0 Å². The zero-order chi connectivity index (χ0) is 15.4. The first-order valence-electron chi connectivity index (χ1n) is 6.86. The number of methoxy groups -OCH3 is 2. The molecule has 0 aliphatic heterocycles. The second kappa shape index (κ2) is 6.61. The van der Waals surface area contributed by atoms with Gasteiger partial charge in [0, 0.05) is 11.1 Å². The lowest BCUT2D eigenvalue weighted by molar-refractivity contribution is 0.393. The molecule has 2 aromatic rings. The standard InChI is InChI=1S/C17H22N2O2/c1-11-9-12(2)16(15(10-11)21-4)17(19-18)13-7-5-6-8-14(13)20-3/h5-10,17,19H,18H2,1-4H3. The van der Waals surface area contributed by atoms with Crippen molar-refractivity contribution in [3.8, 4) is 11.5 Å². The smallest absolute Gasteiger partial charge is 0.124 e. The monoisotopic (exact) mass is 286 g/mol. The quantitative estimate of drug-likeness (QED) is 0.655. The normalized spacial score (nSPS) is 12.0. The summed E-state index contributed by atoms with van der Waals surface area (Å²) in [5.41, 5.74) is 7.17. The molecule has 0 aromatic heterocycles. The number of nitrogens with two attached hydrogens (primary N) is 1. The van der Waals surface area contributed by atoms with Gasteiger partial charge in [-0.3, -0.25) is 5.84 Å². The maximum absolute atomic E-state index is 5.83. The number of rotatable bonds is 5. The largest absolute Gasteiger partial charge is 0.496 e. The molecular weight excluding hydrogens is 264 g/mol. The third-order valence-electron chi connectivity index (χ3n) is 3.62. The minimum absolute atomic E-state index is 0.198. The van der Waals surface area contributed by atoms with Crippen LogP contribution in [0.2, 0.25) is 0 Å². The van der Waals surface area contributed by atoms with Crippen LogP contribution in [0.3, 0.4) is 0 Å². The molecule has 0 bridgehead atoms. The van der Waals surface area contributed by atoms with Crippen molar-refractivity contribution in [2.75, 3.05) is 14.2 Å². The molecule has 0 saturated carbocycles. The molecule has 4 heteroatoms. The van der Waals surface area contributed by atoms with Gasteiger partial charge in [0.25, 0.3) is 0 Å². The fraction of sp³-hybridized carbons (Fsp3) is 0.294. The average Bonchev–Trinajstić information content (AvgIpc) is 2.49. The van der Waals surface area contributed by atoms with Gasteiger partial charge in [0.1, 0.15) is 11.5 Å². The van der Waals surface area contributed by atoms with E-state index in [1.165, 1.54) is 0 Å². The Morgan fingerprint density at radius 3 is 2.29 bits per heavy atom. The highest BCUT2D eigenvalue weighted by molar-refractivity contribution is 5.51. The lowest BCUT2D eigenvalue weighted by Crippen LogP contribution is -2.30. The number of nitrogens with one attached hydrogen (secondary N) is 1. The molecule has 1 atom stereocenters. The number of benzene rings is 2. The molecule has 4 nitrogen and oxygen atoms in total. The van der Waals surface area contributed by atoms with Crippen LogP contribution in [0.4, 0.5) is 0 Å². The van der Waals surface area contributed by atoms with E-state index in [-0.39, 0.29) is 6.04 Å². The second-order valence-corrected chi connectivity index (χ2v) is 5.04. The molecule has 2 aromatic carbocycles. The van der Waals surface area contributed by atoms with E-state index < -0.39 is 0 Å². The van der Waals surface area contributed by atoms with Gasteiger partial charge in [0.15, 0.2) is 0 Å². The van der Waals surface area contributed by atoms with E-state index in [9.17, 15) is 0 Å². The van der Waals surface area contributed by atoms with Crippen LogP contribution in [0, 0.1) is 13.8 Å². The Morgan fingerprint density at radius 1 is 1.00 bits per heavy atom. The van der Waals surface area contributed by atoms with Crippen LogP contribution in [-0.2, 0) is 0 Å². The van der Waals surface area contributed by atoms with Crippen molar-refractivity contribution in [2.45, 2.75) is 19.9 Å². The third kappa shape index (κ3) is 3.01. The van der Waals surface area contributed by atoms with E-state index in [0.29, 0.717) is 0 Å². The first-order valence-corrected chi connectivity index (χ1v) is 6.86. The van der Waals surface area contributed by atoms with Crippen molar-refractivity contribution in [1.82, 2.24) is 5.43 Å². The Bertz CT molecular complexity index is 626. The maximum atomic E-state index is 5.83. The zero-order valence-electron chi connectivity index (χ0n) is 12.9. The summed E-state index contributed by atoms with van der Waals surface area (Å²) in [6.45, 7) is 4.11. The summed E-state index contributed by atoms with van der Waals surface area (Å²) >= 11 is 0. The number of aryl methyl sites for hydroxylation is 2. The molecule has 112 valence electrons. The van der Waals surface area contributed by atoms with Crippen molar-refractivity contribution in [3.05, 3.63) is 58.7 Å². The van der Waals surface area contributed by atoms with Gasteiger partial charge in [0.05, 0.1) is 20.3 Å². The van der Waals surface area contributed by atoms with Crippen LogP contribution in [0.5, 0.6) is 11.5 Å². The Labute approximate surface area is 125 Å². The Balaban J connectivity index is 2.62. The molecule has 0 heterocycles. The average molecular weight is 286 g/mol. The first-order chi connectivity index (χ1) is 10.1. The molecule has 21 heavy (non-hydrogen) atoms. The Morgan fingerprint density at radius 2 is 1.67 bits per heavy atom. The van der Waals surface area contributed by atoms with E-state index in [2.05, 4.69) is 18.4 Å². The fourth-order valence-corrected chi connectivity index (χ4v) is 2.71. The van der Waals surface area contributed by atoms with E-state index in [1.807, 2.05) is 37.3 Å². The van der Waals surface area contributed by atoms with E-state index in [0.717, 1.165) is 33.8 Å². The molecule has 0 fully saturated rings. The molecule has 0 aliphatic carbocycles. The van der Waals surface area contributed by atoms with Gasteiger partial charge in [-0.1, -0.05) is 24.3 Å². The summed E-state index contributed by atoms with van der Waals surface area (Å²) in [6, 6.07) is 11.8. The van der Waals surface area contributed by atoms with Crippen LogP contribution in [0.25, 0.3) is 0 Å². The summed E-state index contributed by atoms with van der Waals surface area (Å²) in [5.74, 6) is 7.44. The van der Waals surface area contributed by atoms with Gasteiger partial charge < -0.3 is 9.47 Å². The lowest BCUT2D eigenvalue weighted by atomic mass is 9.92. The number of ether oxygens (including phenoxy) is 2. The summed E-state index contributed by atoms with van der Waals surface area (Å²) in [4.78, 5) is 0. The number of hydrogen-bond donors (Lipinski definition) is 2.